The van der Waals surface area contributed by atoms with Gasteiger partial charge in [-0.2, -0.15) is 5.10 Å². The van der Waals surface area contributed by atoms with Gasteiger partial charge in [0.2, 0.25) is 0 Å². The molecule has 4 nitrogen and oxygen atoms in total. The number of hydrogen-bond acceptors (Lipinski definition) is 3. The molecule has 3 rings (SSSR count). The highest BCUT2D eigenvalue weighted by molar-refractivity contribution is 5.26. The summed E-state index contributed by atoms with van der Waals surface area (Å²) >= 11 is 0. The van der Waals surface area contributed by atoms with Crippen molar-refractivity contribution in [2.24, 2.45) is 7.05 Å². The first-order valence-electron chi connectivity index (χ1n) is 7.48. The van der Waals surface area contributed by atoms with Crippen molar-refractivity contribution < 1.29 is 4.74 Å². The van der Waals surface area contributed by atoms with Crippen LogP contribution in [-0.2, 0) is 24.8 Å². The van der Waals surface area contributed by atoms with E-state index in [4.69, 9.17) is 4.74 Å². The van der Waals surface area contributed by atoms with Gasteiger partial charge in [0.15, 0.2) is 0 Å². The molecule has 0 saturated heterocycles. The average molecular weight is 285 g/mol. The SMILES string of the molecule is COC[C@H]1c2c(cnn2C)CCN1Cc1ccc(C)cc1. The molecule has 1 aliphatic heterocycles. The Bertz CT molecular complexity index is 603. The van der Waals surface area contributed by atoms with Gasteiger partial charge in [0, 0.05) is 27.2 Å². The lowest BCUT2D eigenvalue weighted by Crippen LogP contribution is -2.38. The summed E-state index contributed by atoms with van der Waals surface area (Å²) in [6.45, 7) is 4.85. The smallest absolute Gasteiger partial charge is 0.0760 e. The summed E-state index contributed by atoms with van der Waals surface area (Å²) in [6, 6.07) is 9.09. The van der Waals surface area contributed by atoms with Gasteiger partial charge in [-0.15, -0.1) is 0 Å². The molecule has 0 amide bonds. The Kier molecular flexibility index (Phi) is 4.08. The number of nitrogens with zero attached hydrogens (tertiary/aromatic N) is 3. The zero-order chi connectivity index (χ0) is 14.8. The Morgan fingerprint density at radius 2 is 2.05 bits per heavy atom. The van der Waals surface area contributed by atoms with Gasteiger partial charge in [-0.25, -0.2) is 0 Å². The maximum atomic E-state index is 5.47. The third kappa shape index (κ3) is 2.87. The molecule has 0 unspecified atom stereocenters. The molecule has 4 heteroatoms. The zero-order valence-corrected chi connectivity index (χ0v) is 13.0. The van der Waals surface area contributed by atoms with Crippen molar-refractivity contribution in [3.63, 3.8) is 0 Å². The summed E-state index contributed by atoms with van der Waals surface area (Å²) in [6.07, 6.45) is 3.07. The normalized spacial score (nSPS) is 18.7. The molecule has 1 aromatic heterocycles. The van der Waals surface area contributed by atoms with E-state index in [0.717, 1.165) is 19.5 Å². The largest absolute Gasteiger partial charge is 0.383 e. The Morgan fingerprint density at radius 3 is 2.76 bits per heavy atom. The van der Waals surface area contributed by atoms with Crippen molar-refractivity contribution in [1.82, 2.24) is 14.7 Å². The van der Waals surface area contributed by atoms with Crippen LogP contribution < -0.4 is 0 Å². The molecular formula is C17H23N3O. The molecule has 0 aliphatic carbocycles. The van der Waals surface area contributed by atoms with Gasteiger partial charge in [-0.1, -0.05) is 29.8 Å². The fraction of sp³-hybridized carbons (Fsp3) is 0.471. The molecule has 1 atom stereocenters. The average Bonchev–Trinajstić information content (AvgIpc) is 2.86. The first-order chi connectivity index (χ1) is 10.2. The topological polar surface area (TPSA) is 30.3 Å². The van der Waals surface area contributed by atoms with Crippen LogP contribution in [0, 0.1) is 6.92 Å². The number of aryl methyl sites for hydroxylation is 2. The molecule has 1 aromatic carbocycles. The minimum atomic E-state index is 0.285. The zero-order valence-electron chi connectivity index (χ0n) is 13.0. The standard InChI is InChI=1S/C17H23N3O/c1-13-4-6-14(7-5-13)11-20-9-8-15-10-18-19(2)17(15)16(20)12-21-3/h4-7,10,16H,8-9,11-12H2,1-3H3/t16-/m0/s1. The first kappa shape index (κ1) is 14.3. The number of ether oxygens (including phenoxy) is 1. The molecule has 0 spiro atoms. The third-order valence-corrected chi connectivity index (χ3v) is 4.32. The number of hydrogen-bond donors (Lipinski definition) is 0. The monoisotopic (exact) mass is 285 g/mol. The highest BCUT2D eigenvalue weighted by atomic mass is 16.5. The fourth-order valence-corrected chi connectivity index (χ4v) is 3.17. The van der Waals surface area contributed by atoms with E-state index in [1.807, 2.05) is 17.9 Å². The van der Waals surface area contributed by atoms with Crippen molar-refractivity contribution in [3.8, 4) is 0 Å². The van der Waals surface area contributed by atoms with E-state index < -0.39 is 0 Å². The second-order valence-electron chi connectivity index (χ2n) is 5.86. The quantitative estimate of drug-likeness (QED) is 0.864. The lowest BCUT2D eigenvalue weighted by Gasteiger charge is -2.35. The van der Waals surface area contributed by atoms with Crippen LogP contribution in [0.4, 0.5) is 0 Å². The Balaban J connectivity index is 1.84. The van der Waals surface area contributed by atoms with Gasteiger partial charge in [0.1, 0.15) is 0 Å². The third-order valence-electron chi connectivity index (χ3n) is 4.32. The van der Waals surface area contributed by atoms with E-state index in [0.29, 0.717) is 6.61 Å². The molecule has 0 radical (unpaired) electrons. The first-order valence-corrected chi connectivity index (χ1v) is 7.48. The molecule has 0 bridgehead atoms. The Labute approximate surface area is 126 Å². The van der Waals surface area contributed by atoms with Crippen LogP contribution in [-0.4, -0.2) is 34.9 Å². The summed E-state index contributed by atoms with van der Waals surface area (Å²) in [4.78, 5) is 2.50. The summed E-state index contributed by atoms with van der Waals surface area (Å²) in [7, 11) is 3.80. The maximum absolute atomic E-state index is 5.47. The van der Waals surface area contributed by atoms with Gasteiger partial charge in [-0.3, -0.25) is 9.58 Å². The molecule has 0 N–H and O–H groups in total. The maximum Gasteiger partial charge on any atom is 0.0760 e. The minimum absolute atomic E-state index is 0.285. The van der Waals surface area contributed by atoms with E-state index in [1.54, 1.807) is 7.11 Å². The number of rotatable bonds is 4. The highest BCUT2D eigenvalue weighted by Gasteiger charge is 2.30. The van der Waals surface area contributed by atoms with E-state index in [1.165, 1.54) is 22.4 Å². The number of aromatic nitrogens is 2. The van der Waals surface area contributed by atoms with Crippen LogP contribution >= 0.6 is 0 Å². The van der Waals surface area contributed by atoms with Crippen molar-refractivity contribution in [1.29, 1.82) is 0 Å². The fourth-order valence-electron chi connectivity index (χ4n) is 3.17. The van der Waals surface area contributed by atoms with E-state index in [2.05, 4.69) is 41.2 Å². The van der Waals surface area contributed by atoms with Gasteiger partial charge in [0.25, 0.3) is 0 Å². The van der Waals surface area contributed by atoms with Crippen LogP contribution in [0.2, 0.25) is 0 Å². The number of benzene rings is 1. The summed E-state index contributed by atoms with van der Waals surface area (Å²) in [5, 5.41) is 4.42. The van der Waals surface area contributed by atoms with Crippen LogP contribution in [0.15, 0.2) is 30.5 Å². The van der Waals surface area contributed by atoms with Crippen molar-refractivity contribution in [3.05, 3.63) is 52.8 Å². The number of fused-ring (bicyclic) bond motifs is 1. The molecule has 21 heavy (non-hydrogen) atoms. The van der Waals surface area contributed by atoms with Gasteiger partial charge >= 0.3 is 0 Å². The highest BCUT2D eigenvalue weighted by Crippen LogP contribution is 2.30. The molecule has 0 fully saturated rings. The summed E-state index contributed by atoms with van der Waals surface area (Å²) < 4.78 is 7.47. The van der Waals surface area contributed by atoms with Crippen molar-refractivity contribution >= 4 is 0 Å². The van der Waals surface area contributed by atoms with Crippen LogP contribution in [0.5, 0.6) is 0 Å². The molecule has 112 valence electrons. The summed E-state index contributed by atoms with van der Waals surface area (Å²) in [5.74, 6) is 0. The Hall–Kier alpha value is -1.65. The second-order valence-corrected chi connectivity index (χ2v) is 5.86. The van der Waals surface area contributed by atoms with Crippen LogP contribution in [0.25, 0.3) is 0 Å². The Morgan fingerprint density at radius 1 is 1.29 bits per heavy atom. The molecule has 2 heterocycles. The predicted octanol–water partition coefficient (Wildman–Crippen LogP) is 2.47. The molecule has 2 aromatic rings. The lowest BCUT2D eigenvalue weighted by molar-refractivity contribution is 0.0734. The van der Waals surface area contributed by atoms with Crippen LogP contribution in [0.3, 0.4) is 0 Å². The van der Waals surface area contributed by atoms with Gasteiger partial charge < -0.3 is 4.74 Å². The van der Waals surface area contributed by atoms with E-state index in [9.17, 15) is 0 Å². The predicted molar refractivity (Wildman–Crippen MR) is 83.1 cm³/mol. The number of methoxy groups -OCH3 is 1. The lowest BCUT2D eigenvalue weighted by atomic mass is 9.99. The summed E-state index contributed by atoms with van der Waals surface area (Å²) in [5.41, 5.74) is 5.32. The second kappa shape index (κ2) is 6.00. The van der Waals surface area contributed by atoms with E-state index in [-0.39, 0.29) is 6.04 Å². The molecule has 1 aliphatic rings. The van der Waals surface area contributed by atoms with Crippen molar-refractivity contribution in [2.75, 3.05) is 20.3 Å². The van der Waals surface area contributed by atoms with Gasteiger partial charge in [-0.05, 0) is 24.5 Å². The minimum Gasteiger partial charge on any atom is -0.383 e. The van der Waals surface area contributed by atoms with Crippen LogP contribution in [0.1, 0.15) is 28.4 Å². The molecular weight excluding hydrogens is 262 g/mol. The van der Waals surface area contributed by atoms with Crippen molar-refractivity contribution in [2.45, 2.75) is 25.9 Å². The molecule has 0 saturated carbocycles. The van der Waals surface area contributed by atoms with E-state index >= 15 is 0 Å². The van der Waals surface area contributed by atoms with Gasteiger partial charge in [0.05, 0.1) is 24.5 Å².